The number of Topliss-reactive ketones (excluding diaryl/α,β-unsaturated/α-hetero) is 2. The van der Waals surface area contributed by atoms with Crippen LogP contribution in [0.2, 0.25) is 0 Å². The summed E-state index contributed by atoms with van der Waals surface area (Å²) in [5, 5.41) is 72.1. The van der Waals surface area contributed by atoms with Crippen LogP contribution in [0.25, 0.3) is 60.6 Å². The third-order valence-corrected chi connectivity index (χ3v) is 34.8. The van der Waals surface area contributed by atoms with Crippen LogP contribution in [0.5, 0.6) is 0 Å². The van der Waals surface area contributed by atoms with E-state index < -0.39 is 10.8 Å². The van der Waals surface area contributed by atoms with Crippen molar-refractivity contribution in [2.45, 2.75) is 259 Å². The Morgan fingerprint density at radius 1 is 0.373 bits per heavy atom. The number of ketones is 2. The average molecular weight is 1870 g/mol. The fraction of sp³-hybridized carbons (Fsp3) is 0.339. The van der Waals surface area contributed by atoms with Crippen molar-refractivity contribution in [1.29, 1.82) is 37.3 Å². The number of thiol groups is 1. The number of thiophene rings is 5. The van der Waals surface area contributed by atoms with Gasteiger partial charge in [0.2, 0.25) is 0 Å². The quantitative estimate of drug-likeness (QED) is 0.00971. The number of nitrogens with zero attached hydrogens (tertiary/aromatic N) is 5. The fourth-order valence-electron chi connectivity index (χ4n) is 21.7. The largest absolute Gasteiger partial charge is 0.298 e. The molecule has 0 aliphatic heterocycles. The standard InChI is InChI=1S/C118H116N8O2S6/c1-9-15-21-27-37-73-51-71(7)53-83(57-73)117(85-59-75(39-29-23-17-11-3)55-76(60-85)40-30-24-18-12-4)95-65-96(91-49-47-79(104(123)106(91)125)63-93-99(81(67-119)68-120)87-43-33-35-45-89(87)108(93)127)130-110(95)112-102(117)114-116(133-112)103-115(134-114)113-101(118(103,84-54-72(8)52-74(58-84)38-28-22-16-10-2)86-61-77(41-31-25-19-13-5)56-78(62-86)42-32-26-20-14-6)111-98(132-113)66-97(131-111)92-50-48-80(105(124)107(92)126-129)64-94-100(82(69-121)70-122)88-44-34-36-46-90(88)109(94)128/h33-36,43-66,123-125,129H,9-32,37-42H2,1-8H3/b93-63-,94-64-,123-104?,124-105?,125-106?,126-107-. The first-order chi connectivity index (χ1) is 65.4. The molecule has 10 nitrogen and oxygen atoms in total. The topological polar surface area (TPSA) is 213 Å². The van der Waals surface area contributed by atoms with Gasteiger partial charge in [-0.2, -0.15) is 21.0 Å². The van der Waals surface area contributed by atoms with E-state index in [0.29, 0.717) is 44.7 Å². The minimum atomic E-state index is -0.922. The number of hydrogen-bond acceptors (Lipinski definition) is 16. The van der Waals surface area contributed by atoms with Gasteiger partial charge in [0.1, 0.15) is 41.1 Å². The lowest BCUT2D eigenvalue weighted by Gasteiger charge is -2.35. The highest BCUT2D eigenvalue weighted by Gasteiger charge is 2.57. The summed E-state index contributed by atoms with van der Waals surface area (Å²) in [4.78, 5) is 35.8. The monoisotopic (exact) mass is 1870 g/mol. The lowest BCUT2D eigenvalue weighted by Crippen LogP contribution is -2.30. The zero-order valence-electron chi connectivity index (χ0n) is 78.4. The van der Waals surface area contributed by atoms with Gasteiger partial charge in [-0.1, -0.05) is 314 Å². The Kier molecular flexibility index (Phi) is 29.2. The molecule has 0 spiro atoms. The van der Waals surface area contributed by atoms with Crippen molar-refractivity contribution in [3.63, 3.8) is 0 Å². The summed E-state index contributed by atoms with van der Waals surface area (Å²) in [7, 11) is 0. The van der Waals surface area contributed by atoms with Gasteiger partial charge in [0.15, 0.2) is 11.6 Å². The van der Waals surface area contributed by atoms with Gasteiger partial charge in [-0.15, -0.1) is 56.7 Å². The predicted octanol–water partition coefficient (Wildman–Crippen LogP) is 32.6. The lowest BCUT2D eigenvalue weighted by molar-refractivity contribution is 0.103. The zero-order valence-corrected chi connectivity index (χ0v) is 83.4. The van der Waals surface area contributed by atoms with Crippen molar-refractivity contribution < 1.29 is 9.59 Å². The van der Waals surface area contributed by atoms with E-state index in [9.17, 15) is 46.9 Å². The molecule has 16 heteroatoms. The number of nitriles is 4. The number of carbonyl (C=O) groups is 2. The molecule has 0 radical (unpaired) electrons. The van der Waals surface area contributed by atoms with Crippen LogP contribution >= 0.6 is 69.5 Å². The third-order valence-electron chi connectivity index (χ3n) is 28.1. The number of fused-ring (bicyclic) bond motifs is 13. The molecular weight excluding hydrogens is 1750 g/mol. The van der Waals surface area contributed by atoms with Crippen molar-refractivity contribution in [3.05, 3.63) is 324 Å². The van der Waals surface area contributed by atoms with E-state index in [0.717, 1.165) is 179 Å². The molecule has 17 rings (SSSR count). The van der Waals surface area contributed by atoms with Crippen LogP contribution in [0, 0.1) is 75.4 Å². The minimum absolute atomic E-state index is 0.0199. The molecule has 5 aromatic heterocycles. The molecule has 6 aromatic carbocycles. The number of aryl methyl sites for hydroxylation is 8. The number of carbonyl (C=O) groups excluding carboxylic acids is 2. The van der Waals surface area contributed by atoms with Crippen LogP contribution in [0.3, 0.4) is 0 Å². The average Bonchev–Trinajstić information content (AvgIpc) is 1.48. The summed E-state index contributed by atoms with van der Waals surface area (Å²) in [6.45, 7) is 18.4. The number of hydrogen-bond donors (Lipinski definition) is 4. The van der Waals surface area contributed by atoms with E-state index in [1.54, 1.807) is 83.4 Å². The first-order valence-corrected chi connectivity index (χ1v) is 53.3. The fourth-order valence-corrected chi connectivity index (χ4v) is 29.3. The van der Waals surface area contributed by atoms with Crippen LogP contribution < -0.4 is 0 Å². The maximum absolute atomic E-state index is 14.6. The van der Waals surface area contributed by atoms with Crippen molar-refractivity contribution in [2.24, 2.45) is 4.40 Å². The molecule has 134 heavy (non-hydrogen) atoms. The molecular formula is C118H116N8O2S6. The molecule has 6 aliphatic carbocycles. The van der Waals surface area contributed by atoms with Crippen LogP contribution in [-0.4, -0.2) is 34.4 Å². The maximum atomic E-state index is 14.6. The van der Waals surface area contributed by atoms with Crippen molar-refractivity contribution in [1.82, 2.24) is 0 Å². The Morgan fingerprint density at radius 2 is 0.731 bits per heavy atom. The Morgan fingerprint density at radius 3 is 1.16 bits per heavy atom. The summed E-state index contributed by atoms with van der Waals surface area (Å²) in [5.41, 5.74) is 23.6. The highest BCUT2D eigenvalue weighted by Crippen LogP contribution is 2.72. The van der Waals surface area contributed by atoms with E-state index in [1.165, 1.54) is 156 Å². The third kappa shape index (κ3) is 17.4. The SMILES string of the molecule is CCCCCCc1cc(C)cc(C2(c3cc(CCCCCC)cc(CCCCCC)c3)c3cc(C4=CC=C(/C=C5\C(=O)c6ccccc6C5=C(C#N)C#N)C(=N)C4=N)sc3-c3sc4c5c(sc4c32)-c2sc3cc(C4=CC=C(/C=C6\C(=O)c7ccccc7C6=C(C#N)C#N)C(=N)/C4=N\S)sc3c2C5(c2cc(C)cc(CCCCCC)c2)c2cc(CCCCCC)cc(CCCCCC)c2)c1. The maximum Gasteiger partial charge on any atom is 0.194 e. The molecule has 0 amide bonds. The molecule has 0 bridgehead atoms. The van der Waals surface area contributed by atoms with Gasteiger partial charge < -0.3 is 0 Å². The van der Waals surface area contributed by atoms with Gasteiger partial charge in [0.05, 0.1) is 61.6 Å². The highest BCUT2D eigenvalue weighted by atomic mass is 32.1. The lowest BCUT2D eigenvalue weighted by atomic mass is 9.66. The smallest absolute Gasteiger partial charge is 0.194 e. The summed E-state index contributed by atoms with van der Waals surface area (Å²) in [5.74, 6) is -0.657. The molecule has 0 saturated heterocycles. The number of benzene rings is 6. The molecule has 0 fully saturated rings. The molecule has 676 valence electrons. The predicted molar refractivity (Wildman–Crippen MR) is 568 cm³/mol. The van der Waals surface area contributed by atoms with E-state index >= 15 is 0 Å². The molecule has 2 unspecified atom stereocenters. The van der Waals surface area contributed by atoms with Gasteiger partial charge in [-0.25, -0.2) is 4.40 Å². The number of nitrogens with one attached hydrogen (secondary N) is 3. The van der Waals surface area contributed by atoms with Gasteiger partial charge in [0.25, 0.3) is 0 Å². The van der Waals surface area contributed by atoms with Crippen molar-refractivity contribution >= 4 is 145 Å². The normalized spacial score (nSPS) is 17.3. The number of rotatable bonds is 38. The Hall–Kier alpha value is -11.4. The van der Waals surface area contributed by atoms with Gasteiger partial charge in [0, 0.05) is 86.9 Å². The Labute approximate surface area is 816 Å². The van der Waals surface area contributed by atoms with Gasteiger partial charge >= 0.3 is 0 Å². The number of allylic oxidation sites excluding steroid dienone is 16. The van der Waals surface area contributed by atoms with Gasteiger partial charge in [-0.05, 0) is 200 Å². The molecule has 0 saturated carbocycles. The number of unbranched alkanes of at least 4 members (excludes halogenated alkanes) is 18. The summed E-state index contributed by atoms with van der Waals surface area (Å²) >= 11 is 14.1. The Bertz CT molecular complexity index is 7030. The van der Waals surface area contributed by atoms with Crippen LogP contribution in [-0.2, 0) is 49.4 Å². The summed E-state index contributed by atoms with van der Waals surface area (Å²) in [6, 6.07) is 57.9. The van der Waals surface area contributed by atoms with Gasteiger partial charge in [-0.3, -0.25) is 25.8 Å². The second-order valence-corrected chi connectivity index (χ2v) is 42.8. The summed E-state index contributed by atoms with van der Waals surface area (Å²) in [6.07, 6.45) is 43.8. The molecule has 5 heterocycles. The first-order valence-electron chi connectivity index (χ1n) is 48.8. The van der Waals surface area contributed by atoms with E-state index in [1.807, 2.05) is 58.3 Å². The molecule has 11 aromatic rings. The van der Waals surface area contributed by atoms with E-state index in [4.69, 9.17) is 12.8 Å². The van der Waals surface area contributed by atoms with Crippen molar-refractivity contribution in [2.75, 3.05) is 0 Å². The second kappa shape index (κ2) is 41.4. The summed E-state index contributed by atoms with van der Waals surface area (Å²) < 4.78 is 9.55. The zero-order chi connectivity index (χ0) is 93.6. The van der Waals surface area contributed by atoms with Crippen molar-refractivity contribution in [3.8, 4) is 43.8 Å². The molecule has 3 N–H and O–H groups in total. The van der Waals surface area contributed by atoms with Crippen LogP contribution in [0.4, 0.5) is 0 Å². The highest BCUT2D eigenvalue weighted by molar-refractivity contribution is 7.79. The van der Waals surface area contributed by atoms with E-state index in [-0.39, 0.29) is 62.1 Å². The Balaban J connectivity index is 0.973. The first kappa shape index (κ1) is 94.4. The molecule has 6 aliphatic rings. The van der Waals surface area contributed by atoms with E-state index in [2.05, 4.69) is 169 Å². The second-order valence-electron chi connectivity index (χ2n) is 37.4. The minimum Gasteiger partial charge on any atom is -0.298 e. The molecule has 2 atom stereocenters. The van der Waals surface area contributed by atoms with Crippen LogP contribution in [0.1, 0.15) is 326 Å². The van der Waals surface area contributed by atoms with Crippen LogP contribution in [0.15, 0.2) is 208 Å².